The van der Waals surface area contributed by atoms with Crippen LogP contribution >= 0.6 is 27.7 Å². The summed E-state index contributed by atoms with van der Waals surface area (Å²) in [6.07, 6.45) is 0. The minimum absolute atomic E-state index is 0.0439. The number of benzene rings is 2. The Hall–Kier alpha value is -2.72. The summed E-state index contributed by atoms with van der Waals surface area (Å²) in [7, 11) is 1.52. The van der Waals surface area contributed by atoms with Crippen LogP contribution in [0.15, 0.2) is 62.6 Å². The number of anilines is 1. The van der Waals surface area contributed by atoms with E-state index in [1.807, 2.05) is 24.3 Å². The van der Waals surface area contributed by atoms with Crippen LogP contribution in [0.4, 0.5) is 10.1 Å². The highest BCUT2D eigenvalue weighted by Crippen LogP contribution is 2.24. The molecule has 7 nitrogen and oxygen atoms in total. The first-order chi connectivity index (χ1) is 13.9. The van der Waals surface area contributed by atoms with Gasteiger partial charge in [-0.2, -0.15) is 0 Å². The maximum absolute atomic E-state index is 12.9. The molecule has 29 heavy (non-hydrogen) atoms. The molecule has 150 valence electrons. The normalized spacial score (nSPS) is 10.6. The Morgan fingerprint density at radius 1 is 1.14 bits per heavy atom. The van der Waals surface area contributed by atoms with E-state index in [0.717, 1.165) is 21.8 Å². The van der Waals surface area contributed by atoms with Crippen molar-refractivity contribution < 1.29 is 18.4 Å². The van der Waals surface area contributed by atoms with E-state index < -0.39 is 5.82 Å². The molecule has 2 aromatic carbocycles. The first-order valence-corrected chi connectivity index (χ1v) is 10.2. The lowest BCUT2D eigenvalue weighted by Gasteiger charge is -2.16. The summed E-state index contributed by atoms with van der Waals surface area (Å²) >= 11 is 4.45. The van der Waals surface area contributed by atoms with E-state index in [-0.39, 0.29) is 29.3 Å². The van der Waals surface area contributed by atoms with Gasteiger partial charge < -0.3 is 14.6 Å². The van der Waals surface area contributed by atoms with E-state index in [2.05, 4.69) is 31.4 Å². The standard InChI is InChI=1S/C19H16BrFN4O3S/c1-25(10-16(26)22-15-8-6-14(21)7-9-15)17(27)11-29-19-24-23-18(28-19)12-2-4-13(20)5-3-12/h2-9H,10-11H2,1H3,(H,22,26). The fraction of sp³-hybridized carbons (Fsp3) is 0.158. The molecule has 3 aromatic rings. The molecule has 0 spiro atoms. The summed E-state index contributed by atoms with van der Waals surface area (Å²) in [6, 6.07) is 12.8. The highest BCUT2D eigenvalue weighted by atomic mass is 79.9. The maximum Gasteiger partial charge on any atom is 0.277 e. The molecule has 1 heterocycles. The van der Waals surface area contributed by atoms with Crippen LogP contribution in [-0.2, 0) is 9.59 Å². The van der Waals surface area contributed by atoms with Crippen molar-refractivity contribution in [3.63, 3.8) is 0 Å². The van der Waals surface area contributed by atoms with Crippen molar-refractivity contribution in [3.8, 4) is 11.5 Å². The molecule has 0 unspecified atom stereocenters. The number of hydrogen-bond acceptors (Lipinski definition) is 6. The number of likely N-dealkylation sites (N-methyl/N-ethyl adjacent to an activating group) is 1. The molecule has 0 saturated carbocycles. The summed E-state index contributed by atoms with van der Waals surface area (Å²) in [5.74, 6) is -0.640. The summed E-state index contributed by atoms with van der Waals surface area (Å²) in [5.41, 5.74) is 1.23. The van der Waals surface area contributed by atoms with Crippen LogP contribution in [0, 0.1) is 5.82 Å². The van der Waals surface area contributed by atoms with E-state index in [0.29, 0.717) is 11.6 Å². The number of hydrogen-bond donors (Lipinski definition) is 1. The Kier molecular flexibility index (Phi) is 6.99. The molecule has 1 aromatic heterocycles. The molecule has 0 saturated heterocycles. The van der Waals surface area contributed by atoms with Crippen LogP contribution < -0.4 is 5.32 Å². The third-order valence-corrected chi connectivity index (χ3v) is 5.08. The van der Waals surface area contributed by atoms with Crippen LogP contribution in [0.2, 0.25) is 0 Å². The molecule has 10 heteroatoms. The van der Waals surface area contributed by atoms with Gasteiger partial charge in [0.05, 0.1) is 12.3 Å². The molecule has 0 fully saturated rings. The molecule has 0 aliphatic carbocycles. The van der Waals surface area contributed by atoms with Gasteiger partial charge in [0.1, 0.15) is 5.82 Å². The molecule has 0 aliphatic heterocycles. The molecular formula is C19H16BrFN4O3S. The van der Waals surface area contributed by atoms with Gasteiger partial charge in [0.25, 0.3) is 5.22 Å². The predicted octanol–water partition coefficient (Wildman–Crippen LogP) is 3.83. The summed E-state index contributed by atoms with van der Waals surface area (Å²) in [4.78, 5) is 25.6. The quantitative estimate of drug-likeness (QED) is 0.519. The van der Waals surface area contributed by atoms with Gasteiger partial charge in [0.15, 0.2) is 0 Å². The van der Waals surface area contributed by atoms with Crippen LogP contribution in [0.3, 0.4) is 0 Å². The number of carbonyl (C=O) groups excluding carboxylic acids is 2. The van der Waals surface area contributed by atoms with Gasteiger partial charge in [0.2, 0.25) is 17.7 Å². The highest BCUT2D eigenvalue weighted by Gasteiger charge is 2.16. The first-order valence-electron chi connectivity index (χ1n) is 8.42. The largest absolute Gasteiger partial charge is 0.411 e. The topological polar surface area (TPSA) is 88.3 Å². The van der Waals surface area contributed by atoms with Crippen molar-refractivity contribution in [3.05, 3.63) is 58.8 Å². The number of thioether (sulfide) groups is 1. The lowest BCUT2D eigenvalue weighted by molar-refractivity contribution is -0.131. The maximum atomic E-state index is 12.9. The number of rotatable bonds is 7. The Labute approximate surface area is 178 Å². The Bertz CT molecular complexity index is 995. The first kappa shape index (κ1) is 21.0. The molecule has 3 rings (SSSR count). The third-order valence-electron chi connectivity index (χ3n) is 3.75. The van der Waals surface area contributed by atoms with Crippen molar-refractivity contribution >= 4 is 45.2 Å². The summed E-state index contributed by atoms with van der Waals surface area (Å²) in [6.45, 7) is -0.134. The van der Waals surface area contributed by atoms with Crippen molar-refractivity contribution in [2.45, 2.75) is 5.22 Å². The van der Waals surface area contributed by atoms with Gasteiger partial charge in [-0.05, 0) is 48.5 Å². The van der Waals surface area contributed by atoms with Crippen molar-refractivity contribution in [2.75, 3.05) is 24.7 Å². The predicted molar refractivity (Wildman–Crippen MR) is 111 cm³/mol. The zero-order chi connectivity index (χ0) is 20.8. The van der Waals surface area contributed by atoms with Gasteiger partial charge in [-0.3, -0.25) is 9.59 Å². The Balaban J connectivity index is 1.48. The average Bonchev–Trinajstić information content (AvgIpc) is 3.17. The number of halogens is 2. The number of aromatic nitrogens is 2. The SMILES string of the molecule is CN(CC(=O)Nc1ccc(F)cc1)C(=O)CSc1nnc(-c2ccc(Br)cc2)o1. The zero-order valence-electron chi connectivity index (χ0n) is 15.3. The second-order valence-corrected chi connectivity index (χ2v) is 7.82. The van der Waals surface area contributed by atoms with Crippen molar-refractivity contribution in [1.82, 2.24) is 15.1 Å². The van der Waals surface area contributed by atoms with Gasteiger partial charge in [0, 0.05) is 22.8 Å². The Morgan fingerprint density at radius 2 is 1.83 bits per heavy atom. The summed E-state index contributed by atoms with van der Waals surface area (Å²) < 4.78 is 19.4. The number of amides is 2. The molecule has 0 radical (unpaired) electrons. The molecule has 2 amide bonds. The van der Waals surface area contributed by atoms with E-state index >= 15 is 0 Å². The van der Waals surface area contributed by atoms with Crippen LogP contribution in [0.1, 0.15) is 0 Å². The zero-order valence-corrected chi connectivity index (χ0v) is 17.7. The van der Waals surface area contributed by atoms with Crippen molar-refractivity contribution in [1.29, 1.82) is 0 Å². The smallest absolute Gasteiger partial charge is 0.277 e. The molecule has 0 aliphatic rings. The third kappa shape index (κ3) is 6.13. The Morgan fingerprint density at radius 3 is 2.52 bits per heavy atom. The van der Waals surface area contributed by atoms with Crippen molar-refractivity contribution in [2.24, 2.45) is 0 Å². The van der Waals surface area contributed by atoms with Crippen LogP contribution in [-0.4, -0.2) is 46.3 Å². The second-order valence-electron chi connectivity index (χ2n) is 5.97. The van der Waals surface area contributed by atoms with Gasteiger partial charge in [-0.15, -0.1) is 10.2 Å². The lowest BCUT2D eigenvalue weighted by atomic mass is 10.2. The molecule has 1 N–H and O–H groups in total. The van der Waals surface area contributed by atoms with Gasteiger partial charge in [-0.1, -0.05) is 27.7 Å². The number of carbonyl (C=O) groups is 2. The number of nitrogens with zero attached hydrogens (tertiary/aromatic N) is 3. The molecule has 0 bridgehead atoms. The van der Waals surface area contributed by atoms with Crippen LogP contribution in [0.5, 0.6) is 0 Å². The lowest BCUT2D eigenvalue weighted by Crippen LogP contribution is -2.35. The highest BCUT2D eigenvalue weighted by molar-refractivity contribution is 9.10. The minimum Gasteiger partial charge on any atom is -0.411 e. The van der Waals surface area contributed by atoms with E-state index in [4.69, 9.17) is 4.42 Å². The molecule has 0 atom stereocenters. The average molecular weight is 479 g/mol. The fourth-order valence-corrected chi connectivity index (χ4v) is 3.22. The van der Waals surface area contributed by atoms with Gasteiger partial charge >= 0.3 is 0 Å². The number of nitrogens with one attached hydrogen (secondary N) is 1. The van der Waals surface area contributed by atoms with Gasteiger partial charge in [-0.25, -0.2) is 4.39 Å². The molecular weight excluding hydrogens is 463 g/mol. The summed E-state index contributed by atoms with van der Waals surface area (Å²) in [5, 5.41) is 10.8. The van der Waals surface area contributed by atoms with E-state index in [1.165, 1.54) is 36.2 Å². The minimum atomic E-state index is -0.392. The second kappa shape index (κ2) is 9.66. The fourth-order valence-electron chi connectivity index (χ4n) is 2.25. The van der Waals surface area contributed by atoms with E-state index in [1.54, 1.807) is 0 Å². The monoisotopic (exact) mass is 478 g/mol. The van der Waals surface area contributed by atoms with E-state index in [9.17, 15) is 14.0 Å². The van der Waals surface area contributed by atoms with Crippen LogP contribution in [0.25, 0.3) is 11.5 Å².